The lowest BCUT2D eigenvalue weighted by molar-refractivity contribution is -0.137. The van der Waals surface area contributed by atoms with E-state index in [0.717, 1.165) is 23.2 Å². The van der Waals surface area contributed by atoms with E-state index in [1.54, 1.807) is 13.1 Å². The summed E-state index contributed by atoms with van der Waals surface area (Å²) in [5.74, 6) is 1.25. The third kappa shape index (κ3) is 5.03. The minimum absolute atomic E-state index is 0.0459. The molecule has 3 rings (SSSR count). The highest BCUT2D eigenvalue weighted by Gasteiger charge is 2.29. The maximum Gasteiger partial charge on any atom is 0.416 e. The summed E-state index contributed by atoms with van der Waals surface area (Å²) < 4.78 is 43.1. The summed E-state index contributed by atoms with van der Waals surface area (Å²) in [4.78, 5) is 16.5. The second-order valence-electron chi connectivity index (χ2n) is 5.81. The predicted molar refractivity (Wildman–Crippen MR) is 105 cm³/mol. The largest absolute Gasteiger partial charge is 0.488 e. The van der Waals surface area contributed by atoms with Crippen LogP contribution >= 0.6 is 0 Å². The van der Waals surface area contributed by atoms with E-state index in [0.29, 0.717) is 23.1 Å². The molecule has 0 atom stereocenters. The molecule has 1 heterocycles. The lowest BCUT2D eigenvalue weighted by atomic mass is 10.2. The molecule has 0 unspecified atom stereocenters. The number of benzene rings is 2. The van der Waals surface area contributed by atoms with Gasteiger partial charge in [0.05, 0.1) is 16.6 Å². The van der Waals surface area contributed by atoms with Crippen LogP contribution in [-0.2, 0) is 11.0 Å². The molecule has 152 valence electrons. The monoisotopic (exact) mass is 405 g/mol. The van der Waals surface area contributed by atoms with Gasteiger partial charge in [-0.25, -0.2) is 9.98 Å². The van der Waals surface area contributed by atoms with Gasteiger partial charge in [0.15, 0.2) is 5.84 Å². The van der Waals surface area contributed by atoms with Crippen molar-refractivity contribution in [1.29, 1.82) is 0 Å². The molecule has 0 saturated carbocycles. The molecule has 0 amide bonds. The van der Waals surface area contributed by atoms with Crippen LogP contribution in [0.1, 0.15) is 11.1 Å². The number of hydrogen-bond acceptors (Lipinski definition) is 5. The van der Waals surface area contributed by atoms with Crippen molar-refractivity contribution in [2.24, 2.45) is 10.1 Å². The number of amidine groups is 1. The molecule has 7 nitrogen and oxygen atoms in total. The zero-order chi connectivity index (χ0) is 20.9. The number of imidazole rings is 1. The molecule has 0 fully saturated rings. The quantitative estimate of drug-likeness (QED) is 0.368. The van der Waals surface area contributed by atoms with Gasteiger partial charge in [0.1, 0.15) is 19.5 Å². The van der Waals surface area contributed by atoms with E-state index in [1.807, 2.05) is 12.1 Å². The van der Waals surface area contributed by atoms with Crippen molar-refractivity contribution in [2.75, 3.05) is 26.1 Å². The number of aromatic nitrogens is 2. The third-order valence-corrected chi connectivity index (χ3v) is 3.87. The highest BCUT2D eigenvalue weighted by Crippen LogP contribution is 2.30. The number of nitrogens with zero attached hydrogens (tertiary/aromatic N) is 3. The topological polar surface area (TPSA) is 83.9 Å². The number of aromatic amines is 1. The number of aliphatic imine (C=N–C) groups is 1. The van der Waals surface area contributed by atoms with Gasteiger partial charge in [-0.1, -0.05) is 5.16 Å². The average Bonchev–Trinajstić information content (AvgIpc) is 3.12. The van der Waals surface area contributed by atoms with Gasteiger partial charge in [-0.05, 0) is 42.5 Å². The van der Waals surface area contributed by atoms with Crippen molar-refractivity contribution in [1.82, 2.24) is 9.97 Å². The summed E-state index contributed by atoms with van der Waals surface area (Å²) >= 11 is 0. The minimum Gasteiger partial charge on any atom is -0.488 e. The Bertz CT molecular complexity index is 1030. The molecule has 1 aromatic heterocycles. The highest BCUT2D eigenvalue weighted by molar-refractivity contribution is 6.04. The molecule has 0 aliphatic rings. The van der Waals surface area contributed by atoms with Gasteiger partial charge in [-0.3, -0.25) is 0 Å². The van der Waals surface area contributed by atoms with Gasteiger partial charge in [0.25, 0.3) is 0 Å². The Morgan fingerprint density at radius 1 is 1.21 bits per heavy atom. The standard InChI is InChI=1S/C19H18F3N5O2/c1-23-18-25-15-8-3-12(11-16(15)26-18)17(27-28-2)24-9-10-29-14-6-4-13(5-7-14)19(20,21)22/h3-9,11H,10H2,1-2H3,(H2,23,25,26)/b24-9?,27-17-. The number of alkyl halides is 3. The zero-order valence-corrected chi connectivity index (χ0v) is 15.6. The van der Waals surface area contributed by atoms with Gasteiger partial charge in [-0.15, -0.1) is 0 Å². The first kappa shape index (κ1) is 20.2. The fraction of sp³-hybridized carbons (Fsp3) is 0.211. The Labute approximate surface area is 164 Å². The molecule has 0 bridgehead atoms. The first-order valence-corrected chi connectivity index (χ1v) is 8.52. The second-order valence-corrected chi connectivity index (χ2v) is 5.81. The number of H-pyrrole nitrogens is 1. The Balaban J connectivity index is 1.67. The van der Waals surface area contributed by atoms with Crippen molar-refractivity contribution in [3.8, 4) is 5.75 Å². The van der Waals surface area contributed by atoms with E-state index < -0.39 is 11.7 Å². The summed E-state index contributed by atoms with van der Waals surface area (Å²) in [5, 5.41) is 6.83. The number of halogens is 3. The van der Waals surface area contributed by atoms with Crippen LogP contribution in [0.15, 0.2) is 52.6 Å². The van der Waals surface area contributed by atoms with Gasteiger partial charge >= 0.3 is 6.18 Å². The number of nitrogens with one attached hydrogen (secondary N) is 2. The number of ether oxygens (including phenoxy) is 1. The Morgan fingerprint density at radius 3 is 2.62 bits per heavy atom. The average molecular weight is 405 g/mol. The molecule has 10 heteroatoms. The number of oxime groups is 1. The molecule has 0 radical (unpaired) electrons. The van der Waals surface area contributed by atoms with Crippen LogP contribution in [0.5, 0.6) is 5.75 Å². The number of rotatable bonds is 6. The van der Waals surface area contributed by atoms with Gasteiger partial charge < -0.3 is 19.9 Å². The minimum atomic E-state index is -4.38. The predicted octanol–water partition coefficient (Wildman–Crippen LogP) is 4.08. The Morgan fingerprint density at radius 2 is 1.97 bits per heavy atom. The summed E-state index contributed by atoms with van der Waals surface area (Å²) in [7, 11) is 3.17. The van der Waals surface area contributed by atoms with Gasteiger partial charge in [-0.2, -0.15) is 13.2 Å². The lowest BCUT2D eigenvalue weighted by Gasteiger charge is -2.07. The SMILES string of the molecule is CNc1nc2ccc(/C(N=CCOc3ccc(C(F)(F)F)cc3)=N/OC)cc2[nH]1. The van der Waals surface area contributed by atoms with Crippen molar-refractivity contribution in [3.63, 3.8) is 0 Å². The van der Waals surface area contributed by atoms with Crippen LogP contribution in [0, 0.1) is 0 Å². The van der Waals surface area contributed by atoms with E-state index in [-0.39, 0.29) is 6.61 Å². The van der Waals surface area contributed by atoms with Gasteiger partial charge in [0, 0.05) is 18.8 Å². The molecule has 3 aromatic rings. The summed E-state index contributed by atoms with van der Waals surface area (Å²) in [6, 6.07) is 9.89. The van der Waals surface area contributed by atoms with E-state index in [2.05, 4.69) is 25.4 Å². The fourth-order valence-corrected chi connectivity index (χ4v) is 2.50. The molecular formula is C19H18F3N5O2. The first-order chi connectivity index (χ1) is 13.9. The van der Waals surface area contributed by atoms with Crippen LogP contribution in [0.2, 0.25) is 0 Å². The maximum absolute atomic E-state index is 12.6. The van der Waals surface area contributed by atoms with E-state index >= 15 is 0 Å². The fourth-order valence-electron chi connectivity index (χ4n) is 2.50. The lowest BCUT2D eigenvalue weighted by Crippen LogP contribution is -2.05. The molecule has 2 aromatic carbocycles. The maximum atomic E-state index is 12.6. The number of anilines is 1. The van der Waals surface area contributed by atoms with E-state index in [9.17, 15) is 13.2 Å². The molecule has 0 saturated heterocycles. The van der Waals surface area contributed by atoms with Crippen molar-refractivity contribution < 1.29 is 22.7 Å². The van der Waals surface area contributed by atoms with E-state index in [1.165, 1.54) is 25.5 Å². The first-order valence-electron chi connectivity index (χ1n) is 8.52. The second kappa shape index (κ2) is 8.63. The van der Waals surface area contributed by atoms with Crippen LogP contribution in [-0.4, -0.2) is 42.8 Å². The molecule has 0 spiro atoms. The van der Waals surface area contributed by atoms with Crippen molar-refractivity contribution in [3.05, 3.63) is 53.6 Å². The zero-order valence-electron chi connectivity index (χ0n) is 15.6. The van der Waals surface area contributed by atoms with Crippen LogP contribution in [0.25, 0.3) is 11.0 Å². The van der Waals surface area contributed by atoms with E-state index in [4.69, 9.17) is 9.57 Å². The number of hydrogen-bond donors (Lipinski definition) is 2. The smallest absolute Gasteiger partial charge is 0.416 e. The molecule has 2 N–H and O–H groups in total. The third-order valence-electron chi connectivity index (χ3n) is 3.87. The van der Waals surface area contributed by atoms with Crippen LogP contribution in [0.3, 0.4) is 0 Å². The molecule has 29 heavy (non-hydrogen) atoms. The van der Waals surface area contributed by atoms with Crippen molar-refractivity contribution >= 4 is 29.0 Å². The Hall–Kier alpha value is -3.56. The highest BCUT2D eigenvalue weighted by atomic mass is 19.4. The van der Waals surface area contributed by atoms with Crippen molar-refractivity contribution in [2.45, 2.75) is 6.18 Å². The summed E-state index contributed by atoms with van der Waals surface area (Å²) in [5.41, 5.74) is 1.54. The summed E-state index contributed by atoms with van der Waals surface area (Å²) in [6.45, 7) is 0.0459. The van der Waals surface area contributed by atoms with Crippen LogP contribution in [0.4, 0.5) is 19.1 Å². The molecule has 0 aliphatic carbocycles. The summed E-state index contributed by atoms with van der Waals surface area (Å²) in [6.07, 6.45) is -2.93. The Kier molecular flexibility index (Phi) is 6.01. The molecule has 0 aliphatic heterocycles. The van der Waals surface area contributed by atoms with Crippen LogP contribution < -0.4 is 10.1 Å². The molecular weight excluding hydrogens is 387 g/mol. The number of fused-ring (bicyclic) bond motifs is 1. The van der Waals surface area contributed by atoms with Gasteiger partial charge in [0.2, 0.25) is 5.95 Å². The normalized spacial score (nSPS) is 12.5.